The van der Waals surface area contributed by atoms with E-state index in [1.54, 1.807) is 22.7 Å². The summed E-state index contributed by atoms with van der Waals surface area (Å²) < 4.78 is 17.5. The number of thiophene rings is 2. The number of aromatic nitrogens is 3. The molecular formula is C51H27N3O2S2. The van der Waals surface area contributed by atoms with Crippen LogP contribution >= 0.6 is 22.7 Å². The van der Waals surface area contributed by atoms with Crippen molar-refractivity contribution >= 4 is 107 Å². The number of fused-ring (bicyclic) bond motifs is 12. The number of para-hydroxylation sites is 1. The maximum atomic E-state index is 6.49. The van der Waals surface area contributed by atoms with Crippen LogP contribution in [0.5, 0.6) is 0 Å². The molecule has 0 saturated carbocycles. The quantitative estimate of drug-likeness (QED) is 0.178. The fourth-order valence-corrected chi connectivity index (χ4v) is 11.1. The van der Waals surface area contributed by atoms with Crippen molar-refractivity contribution in [3.05, 3.63) is 164 Å². The Morgan fingerprint density at radius 3 is 1.57 bits per heavy atom. The normalized spacial score (nSPS) is 12.1. The van der Waals surface area contributed by atoms with Crippen molar-refractivity contribution in [3.63, 3.8) is 0 Å². The summed E-state index contributed by atoms with van der Waals surface area (Å²) in [6, 6.07) is 57.3. The van der Waals surface area contributed by atoms with E-state index in [1.165, 1.54) is 40.3 Å². The zero-order chi connectivity index (χ0) is 37.9. The molecule has 0 atom stereocenters. The zero-order valence-corrected chi connectivity index (χ0v) is 32.2. The molecule has 58 heavy (non-hydrogen) atoms. The van der Waals surface area contributed by atoms with E-state index < -0.39 is 0 Å². The molecule has 0 radical (unpaired) electrons. The Bertz CT molecular complexity index is 3700. The Kier molecular flexibility index (Phi) is 6.70. The van der Waals surface area contributed by atoms with Crippen molar-refractivity contribution in [1.29, 1.82) is 0 Å². The molecule has 5 heterocycles. The van der Waals surface area contributed by atoms with E-state index in [2.05, 4.69) is 140 Å². The minimum atomic E-state index is 0.619. The molecule has 8 aromatic carbocycles. The van der Waals surface area contributed by atoms with Crippen LogP contribution in [0.1, 0.15) is 0 Å². The summed E-state index contributed by atoms with van der Waals surface area (Å²) in [6.07, 6.45) is 0. The Balaban J connectivity index is 1.03. The van der Waals surface area contributed by atoms with Crippen LogP contribution in [0.3, 0.4) is 0 Å². The second-order valence-corrected chi connectivity index (χ2v) is 16.8. The predicted octanol–water partition coefficient (Wildman–Crippen LogP) is 15.1. The average molecular weight is 778 g/mol. The lowest BCUT2D eigenvalue weighted by molar-refractivity contribution is 0.656. The molecule has 0 fully saturated rings. The van der Waals surface area contributed by atoms with Gasteiger partial charge in [-0.2, -0.15) is 0 Å². The predicted molar refractivity (Wildman–Crippen MR) is 242 cm³/mol. The number of hydrogen-bond donors (Lipinski definition) is 0. The average Bonchev–Trinajstić information content (AvgIpc) is 4.05. The molecule has 13 aromatic rings. The molecule has 13 rings (SSSR count). The zero-order valence-electron chi connectivity index (χ0n) is 30.6. The number of benzene rings is 8. The first kappa shape index (κ1) is 32.0. The van der Waals surface area contributed by atoms with Crippen LogP contribution in [0.15, 0.2) is 173 Å². The van der Waals surface area contributed by atoms with Gasteiger partial charge in [-0.1, -0.05) is 109 Å². The topological polar surface area (TPSA) is 65.0 Å². The monoisotopic (exact) mass is 777 g/mol. The third kappa shape index (κ3) is 4.72. The van der Waals surface area contributed by atoms with Crippen LogP contribution in [0.25, 0.3) is 130 Å². The van der Waals surface area contributed by atoms with Crippen LogP contribution in [-0.2, 0) is 0 Å². The highest BCUT2D eigenvalue weighted by Gasteiger charge is 2.21. The molecule has 0 aliphatic heterocycles. The van der Waals surface area contributed by atoms with Gasteiger partial charge in [0.15, 0.2) is 17.5 Å². The third-order valence-corrected chi connectivity index (χ3v) is 13.8. The van der Waals surface area contributed by atoms with Gasteiger partial charge in [0.2, 0.25) is 0 Å². The lowest BCUT2D eigenvalue weighted by atomic mass is 9.97. The first-order valence-corrected chi connectivity index (χ1v) is 20.8. The van der Waals surface area contributed by atoms with Gasteiger partial charge in [0.1, 0.15) is 22.3 Å². The van der Waals surface area contributed by atoms with Crippen molar-refractivity contribution in [3.8, 4) is 45.3 Å². The summed E-state index contributed by atoms with van der Waals surface area (Å²) in [7, 11) is 0. The van der Waals surface area contributed by atoms with Crippen molar-refractivity contribution in [2.24, 2.45) is 0 Å². The Labute approximate surface area is 338 Å². The van der Waals surface area contributed by atoms with E-state index in [1.807, 2.05) is 24.3 Å². The third-order valence-electron chi connectivity index (χ3n) is 11.4. The van der Waals surface area contributed by atoms with Crippen LogP contribution < -0.4 is 0 Å². The van der Waals surface area contributed by atoms with Crippen LogP contribution in [0.2, 0.25) is 0 Å². The van der Waals surface area contributed by atoms with Gasteiger partial charge in [-0.15, -0.1) is 22.7 Å². The van der Waals surface area contributed by atoms with Gasteiger partial charge in [0.05, 0.1) is 0 Å². The van der Waals surface area contributed by atoms with Gasteiger partial charge in [0.25, 0.3) is 0 Å². The fourth-order valence-electron chi connectivity index (χ4n) is 8.70. The minimum absolute atomic E-state index is 0.619. The maximum absolute atomic E-state index is 6.49. The maximum Gasteiger partial charge on any atom is 0.165 e. The van der Waals surface area contributed by atoms with Crippen molar-refractivity contribution in [1.82, 2.24) is 15.0 Å². The number of rotatable bonds is 4. The Morgan fingerprint density at radius 1 is 0.328 bits per heavy atom. The molecule has 0 amide bonds. The largest absolute Gasteiger partial charge is 0.456 e. The molecular weight excluding hydrogens is 751 g/mol. The molecule has 0 unspecified atom stereocenters. The van der Waals surface area contributed by atoms with Crippen molar-refractivity contribution in [2.75, 3.05) is 0 Å². The van der Waals surface area contributed by atoms with E-state index >= 15 is 0 Å². The van der Waals surface area contributed by atoms with Crippen molar-refractivity contribution < 1.29 is 8.83 Å². The highest BCUT2D eigenvalue weighted by molar-refractivity contribution is 7.26. The molecule has 5 nitrogen and oxygen atoms in total. The Hall–Kier alpha value is -7.19. The molecule has 270 valence electrons. The molecule has 0 N–H and O–H groups in total. The van der Waals surface area contributed by atoms with Gasteiger partial charge < -0.3 is 8.83 Å². The summed E-state index contributed by atoms with van der Waals surface area (Å²) in [6.45, 7) is 0. The van der Waals surface area contributed by atoms with E-state index in [0.717, 1.165) is 71.7 Å². The number of furan rings is 2. The van der Waals surface area contributed by atoms with Crippen molar-refractivity contribution in [2.45, 2.75) is 0 Å². The second kappa shape index (κ2) is 12.2. The summed E-state index contributed by atoms with van der Waals surface area (Å²) in [5.41, 5.74) is 8.32. The molecule has 0 aliphatic carbocycles. The van der Waals surface area contributed by atoms with Gasteiger partial charge in [-0.3, -0.25) is 0 Å². The first-order chi connectivity index (χ1) is 28.7. The fraction of sp³-hybridized carbons (Fsp3) is 0. The first-order valence-electron chi connectivity index (χ1n) is 19.2. The van der Waals surface area contributed by atoms with Gasteiger partial charge in [-0.05, 0) is 59.7 Å². The van der Waals surface area contributed by atoms with E-state index in [4.69, 9.17) is 23.8 Å². The summed E-state index contributed by atoms with van der Waals surface area (Å²) in [5, 5.41) is 9.16. The number of nitrogens with zero attached hydrogens (tertiary/aromatic N) is 3. The summed E-state index contributed by atoms with van der Waals surface area (Å²) >= 11 is 3.57. The van der Waals surface area contributed by atoms with E-state index in [-0.39, 0.29) is 0 Å². The molecule has 0 aliphatic rings. The SMILES string of the molecule is c1cc(-c2nc(-c3cccc4c3sc3ccccc34)nc(-c3cccc4c3sc3ccccc34)n2)cc(-c2cccc3oc4cc5oc6ccccc6c5cc4c23)c1. The lowest BCUT2D eigenvalue weighted by Crippen LogP contribution is -2.00. The van der Waals surface area contributed by atoms with Crippen LogP contribution in [0, 0.1) is 0 Å². The standard InChI is InChI=1S/C51H27N3O2S2/c1-4-21-40-31(13-1)38-26-39-43(27-42(38)55-40)56-41-22-10-16-30(46(39)41)28-11-7-12-29(25-28)49-52-50(36-19-8-17-34-32-14-2-5-23-44(32)57-47(34)36)54-51(53-49)37-20-9-18-35-33-15-3-6-24-45(33)58-48(35)37/h1-27H. The highest BCUT2D eigenvalue weighted by atomic mass is 32.1. The molecule has 0 bridgehead atoms. The highest BCUT2D eigenvalue weighted by Crippen LogP contribution is 2.44. The Morgan fingerprint density at radius 2 is 0.845 bits per heavy atom. The lowest BCUT2D eigenvalue weighted by Gasteiger charge is -2.11. The second-order valence-electron chi connectivity index (χ2n) is 14.7. The molecule has 0 spiro atoms. The van der Waals surface area contributed by atoms with Gasteiger partial charge in [0, 0.05) is 84.6 Å². The van der Waals surface area contributed by atoms with E-state index in [9.17, 15) is 0 Å². The molecule has 7 heteroatoms. The molecule has 5 aromatic heterocycles. The minimum Gasteiger partial charge on any atom is -0.456 e. The van der Waals surface area contributed by atoms with E-state index in [0.29, 0.717) is 17.5 Å². The summed E-state index contributed by atoms with van der Waals surface area (Å²) in [4.78, 5) is 15.9. The van der Waals surface area contributed by atoms with Gasteiger partial charge in [-0.25, -0.2) is 15.0 Å². The smallest absolute Gasteiger partial charge is 0.165 e. The number of hydrogen-bond acceptors (Lipinski definition) is 7. The van der Waals surface area contributed by atoms with Gasteiger partial charge >= 0.3 is 0 Å². The molecule has 0 saturated heterocycles. The van der Waals surface area contributed by atoms with Crippen LogP contribution in [0.4, 0.5) is 0 Å². The summed E-state index contributed by atoms with van der Waals surface area (Å²) in [5.74, 6) is 1.92. The van der Waals surface area contributed by atoms with Crippen LogP contribution in [-0.4, -0.2) is 15.0 Å².